The fourth-order valence-corrected chi connectivity index (χ4v) is 2.09. The van der Waals surface area contributed by atoms with Crippen LogP contribution in [0.2, 0.25) is 0 Å². The summed E-state index contributed by atoms with van der Waals surface area (Å²) >= 11 is 0. The second kappa shape index (κ2) is 6.95. The third-order valence-electron chi connectivity index (χ3n) is 3.20. The largest absolute Gasteiger partial charge is 0.335 e. The minimum Gasteiger partial charge on any atom is -0.335 e. The van der Waals surface area contributed by atoms with Gasteiger partial charge in [0.25, 0.3) is 5.91 Å². The van der Waals surface area contributed by atoms with Gasteiger partial charge in [-0.2, -0.15) is 0 Å². The number of halogens is 1. The molecule has 0 atom stereocenters. The molecule has 1 aromatic heterocycles. The second-order valence-electron chi connectivity index (χ2n) is 4.69. The fraction of sp³-hybridized carbons (Fsp3) is 0.250. The second-order valence-corrected chi connectivity index (χ2v) is 4.69. The van der Waals surface area contributed by atoms with Gasteiger partial charge in [0.15, 0.2) is 0 Å². The summed E-state index contributed by atoms with van der Waals surface area (Å²) in [7, 11) is 0. The van der Waals surface area contributed by atoms with Gasteiger partial charge in [-0.25, -0.2) is 4.39 Å². The highest BCUT2D eigenvalue weighted by Crippen LogP contribution is 2.11. The molecular weight excluding hydrogens is 269 g/mol. The number of aromatic nitrogens is 1. The number of amides is 1. The molecule has 2 rings (SSSR count). The van der Waals surface area contributed by atoms with Crippen molar-refractivity contribution in [3.63, 3.8) is 0 Å². The average Bonchev–Trinajstić information content (AvgIpc) is 2.52. The van der Waals surface area contributed by atoms with Gasteiger partial charge in [0.05, 0.1) is 5.69 Å². The number of rotatable bonds is 5. The first-order chi connectivity index (χ1) is 10.1. The van der Waals surface area contributed by atoms with Crippen molar-refractivity contribution in [3.8, 4) is 0 Å². The van der Waals surface area contributed by atoms with Crippen LogP contribution in [0.4, 0.5) is 4.39 Å². The highest BCUT2D eigenvalue weighted by molar-refractivity contribution is 5.94. The molecule has 1 heterocycles. The van der Waals surface area contributed by atoms with Gasteiger partial charge in [-0.1, -0.05) is 12.1 Å². The van der Waals surface area contributed by atoms with Gasteiger partial charge < -0.3 is 10.6 Å². The summed E-state index contributed by atoms with van der Waals surface area (Å²) in [5.41, 5.74) is 7.52. The molecule has 0 unspecified atom stereocenters. The molecule has 0 aliphatic rings. The van der Waals surface area contributed by atoms with Crippen molar-refractivity contribution >= 4 is 5.91 Å². The first-order valence-corrected chi connectivity index (χ1v) is 6.82. The maximum Gasteiger partial charge on any atom is 0.254 e. The molecule has 4 nitrogen and oxygen atoms in total. The molecule has 0 saturated heterocycles. The summed E-state index contributed by atoms with van der Waals surface area (Å²) < 4.78 is 13.2. The lowest BCUT2D eigenvalue weighted by molar-refractivity contribution is 0.0752. The molecule has 0 saturated carbocycles. The van der Waals surface area contributed by atoms with Crippen LogP contribution in [0.15, 0.2) is 42.6 Å². The Bertz CT molecular complexity index is 630. The van der Waals surface area contributed by atoms with Crippen molar-refractivity contribution in [3.05, 3.63) is 65.2 Å². The zero-order valence-electron chi connectivity index (χ0n) is 11.9. The molecule has 0 aliphatic carbocycles. The van der Waals surface area contributed by atoms with E-state index in [1.807, 2.05) is 6.92 Å². The van der Waals surface area contributed by atoms with Crippen molar-refractivity contribution in [2.75, 3.05) is 6.54 Å². The molecule has 0 bridgehead atoms. The van der Waals surface area contributed by atoms with E-state index in [1.54, 1.807) is 35.4 Å². The van der Waals surface area contributed by atoms with Crippen LogP contribution >= 0.6 is 0 Å². The molecule has 2 aromatic rings. The molecule has 21 heavy (non-hydrogen) atoms. The Morgan fingerprint density at radius 3 is 2.81 bits per heavy atom. The Labute approximate surface area is 123 Å². The van der Waals surface area contributed by atoms with Crippen molar-refractivity contribution < 1.29 is 9.18 Å². The fourth-order valence-electron chi connectivity index (χ4n) is 2.09. The molecule has 0 fully saturated rings. The normalized spacial score (nSPS) is 10.4. The van der Waals surface area contributed by atoms with Crippen LogP contribution in [0.1, 0.15) is 28.5 Å². The highest BCUT2D eigenvalue weighted by Gasteiger charge is 2.15. The number of benzene rings is 1. The molecule has 1 aromatic carbocycles. The van der Waals surface area contributed by atoms with Crippen LogP contribution < -0.4 is 5.73 Å². The smallest absolute Gasteiger partial charge is 0.254 e. The van der Waals surface area contributed by atoms with E-state index in [2.05, 4.69) is 4.98 Å². The van der Waals surface area contributed by atoms with Crippen LogP contribution in [0.3, 0.4) is 0 Å². The van der Waals surface area contributed by atoms with Crippen molar-refractivity contribution in [1.82, 2.24) is 9.88 Å². The first-order valence-electron chi connectivity index (χ1n) is 6.82. The Morgan fingerprint density at radius 2 is 2.14 bits per heavy atom. The zero-order valence-corrected chi connectivity index (χ0v) is 11.9. The van der Waals surface area contributed by atoms with E-state index in [9.17, 15) is 9.18 Å². The summed E-state index contributed by atoms with van der Waals surface area (Å²) in [6.45, 7) is 3.09. The standard InChI is InChI=1S/C16H18FN3O/c1-2-20(11-12-4-3-5-14(17)8-12)16(21)13-6-7-19-15(9-13)10-18/h3-9H,2,10-11,18H2,1H3. The minimum atomic E-state index is -0.301. The monoisotopic (exact) mass is 287 g/mol. The SMILES string of the molecule is CCN(Cc1cccc(F)c1)C(=O)c1ccnc(CN)c1. The predicted molar refractivity (Wildman–Crippen MR) is 78.9 cm³/mol. The molecule has 0 radical (unpaired) electrons. The van der Waals surface area contributed by atoms with E-state index >= 15 is 0 Å². The lowest BCUT2D eigenvalue weighted by Gasteiger charge is -2.21. The predicted octanol–water partition coefficient (Wildman–Crippen LogP) is 2.34. The van der Waals surface area contributed by atoms with Crippen molar-refractivity contribution in [1.29, 1.82) is 0 Å². The lowest BCUT2D eigenvalue weighted by atomic mass is 10.1. The van der Waals surface area contributed by atoms with E-state index in [-0.39, 0.29) is 18.3 Å². The average molecular weight is 287 g/mol. The summed E-state index contributed by atoms with van der Waals surface area (Å²) in [6, 6.07) is 9.62. The van der Waals surface area contributed by atoms with Gasteiger partial charge in [-0.05, 0) is 36.8 Å². The van der Waals surface area contributed by atoms with Crippen LogP contribution in [0.25, 0.3) is 0 Å². The van der Waals surface area contributed by atoms with E-state index in [0.717, 1.165) is 5.56 Å². The van der Waals surface area contributed by atoms with Gasteiger partial charge in [0.1, 0.15) is 5.82 Å². The van der Waals surface area contributed by atoms with E-state index in [4.69, 9.17) is 5.73 Å². The summed E-state index contributed by atoms with van der Waals surface area (Å²) in [6.07, 6.45) is 1.57. The number of carbonyl (C=O) groups is 1. The summed E-state index contributed by atoms with van der Waals surface area (Å²) in [5.74, 6) is -0.413. The molecule has 2 N–H and O–H groups in total. The van der Waals surface area contributed by atoms with Gasteiger partial charge in [-0.3, -0.25) is 9.78 Å². The first kappa shape index (κ1) is 15.1. The quantitative estimate of drug-likeness (QED) is 0.918. The Morgan fingerprint density at radius 1 is 1.33 bits per heavy atom. The molecule has 0 spiro atoms. The molecular formula is C16H18FN3O. The van der Waals surface area contributed by atoms with Gasteiger partial charge in [0, 0.05) is 31.4 Å². The lowest BCUT2D eigenvalue weighted by Crippen LogP contribution is -2.30. The maximum absolute atomic E-state index is 13.2. The van der Waals surface area contributed by atoms with Crippen LogP contribution in [0, 0.1) is 5.82 Å². The topological polar surface area (TPSA) is 59.2 Å². The number of hydrogen-bond donors (Lipinski definition) is 1. The molecule has 1 amide bonds. The van der Waals surface area contributed by atoms with Gasteiger partial charge in [0.2, 0.25) is 0 Å². The number of carbonyl (C=O) groups excluding carboxylic acids is 1. The van der Waals surface area contributed by atoms with Crippen molar-refractivity contribution in [2.45, 2.75) is 20.0 Å². The number of nitrogens with two attached hydrogens (primary N) is 1. The van der Waals surface area contributed by atoms with Gasteiger partial charge in [-0.15, -0.1) is 0 Å². The minimum absolute atomic E-state index is 0.112. The number of pyridine rings is 1. The highest BCUT2D eigenvalue weighted by atomic mass is 19.1. The molecule has 110 valence electrons. The Hall–Kier alpha value is -2.27. The number of hydrogen-bond acceptors (Lipinski definition) is 3. The molecule has 5 heteroatoms. The summed E-state index contributed by atoms with van der Waals surface area (Å²) in [4.78, 5) is 18.2. The van der Waals surface area contributed by atoms with E-state index in [1.165, 1.54) is 12.1 Å². The third kappa shape index (κ3) is 3.86. The third-order valence-corrected chi connectivity index (χ3v) is 3.20. The maximum atomic E-state index is 13.2. The van der Waals surface area contributed by atoms with Crippen LogP contribution in [0.5, 0.6) is 0 Å². The van der Waals surface area contributed by atoms with Crippen LogP contribution in [-0.4, -0.2) is 22.3 Å². The Balaban J connectivity index is 2.18. The van der Waals surface area contributed by atoms with Crippen LogP contribution in [-0.2, 0) is 13.1 Å². The zero-order chi connectivity index (χ0) is 15.2. The van der Waals surface area contributed by atoms with Crippen molar-refractivity contribution in [2.24, 2.45) is 5.73 Å². The molecule has 0 aliphatic heterocycles. The van der Waals surface area contributed by atoms with E-state index in [0.29, 0.717) is 24.3 Å². The summed E-state index contributed by atoms with van der Waals surface area (Å²) in [5, 5.41) is 0. The Kier molecular flexibility index (Phi) is 5.00. The van der Waals surface area contributed by atoms with E-state index < -0.39 is 0 Å². The number of nitrogens with zero attached hydrogens (tertiary/aromatic N) is 2. The van der Waals surface area contributed by atoms with Gasteiger partial charge >= 0.3 is 0 Å².